The molecule has 1 aromatic carbocycles. The Morgan fingerprint density at radius 1 is 1.18 bits per heavy atom. The number of nitrogens with one attached hydrogen (secondary N) is 2. The molecule has 28 heavy (non-hydrogen) atoms. The third kappa shape index (κ3) is 7.87. The highest BCUT2D eigenvalue weighted by Gasteiger charge is 2.22. The van der Waals surface area contributed by atoms with Gasteiger partial charge < -0.3 is 15.5 Å². The molecule has 0 aliphatic carbocycles. The first kappa shape index (κ1) is 25.2. The number of rotatable bonds is 10. The smallest absolute Gasteiger partial charge is 0.191 e. The molecular weight excluding hydrogens is 461 g/mol. The van der Waals surface area contributed by atoms with Gasteiger partial charge in [0.25, 0.3) is 0 Å². The Morgan fingerprint density at radius 2 is 1.89 bits per heavy atom. The molecule has 2 unspecified atom stereocenters. The molecule has 6 heteroatoms. The van der Waals surface area contributed by atoms with Crippen molar-refractivity contribution in [2.45, 2.75) is 39.7 Å². The van der Waals surface area contributed by atoms with Crippen LogP contribution in [0.2, 0.25) is 0 Å². The van der Waals surface area contributed by atoms with Crippen LogP contribution in [0, 0.1) is 5.92 Å². The fourth-order valence-corrected chi connectivity index (χ4v) is 4.05. The van der Waals surface area contributed by atoms with E-state index >= 15 is 0 Å². The van der Waals surface area contributed by atoms with Crippen LogP contribution in [-0.4, -0.2) is 68.6 Å². The Hall–Kier alpha value is -0.860. The Bertz CT molecular complexity index is 547. The predicted octanol–water partition coefficient (Wildman–Crippen LogP) is 3.58. The largest absolute Gasteiger partial charge is 0.356 e. The van der Waals surface area contributed by atoms with Crippen molar-refractivity contribution in [2.75, 3.05) is 52.9 Å². The average Bonchev–Trinajstić information content (AvgIpc) is 3.15. The van der Waals surface area contributed by atoms with Crippen molar-refractivity contribution in [3.05, 3.63) is 35.9 Å². The van der Waals surface area contributed by atoms with E-state index in [4.69, 9.17) is 0 Å². The molecule has 0 radical (unpaired) electrons. The molecule has 2 N–H and O–H groups in total. The van der Waals surface area contributed by atoms with Crippen LogP contribution in [0.25, 0.3) is 0 Å². The first-order chi connectivity index (χ1) is 13.2. The van der Waals surface area contributed by atoms with Crippen LogP contribution in [-0.2, 0) is 0 Å². The first-order valence-corrected chi connectivity index (χ1v) is 10.7. The van der Waals surface area contributed by atoms with Crippen molar-refractivity contribution >= 4 is 29.9 Å². The molecule has 0 saturated carbocycles. The molecule has 160 valence electrons. The fourth-order valence-electron chi connectivity index (χ4n) is 4.05. The summed E-state index contributed by atoms with van der Waals surface area (Å²) in [5, 5.41) is 7.11. The van der Waals surface area contributed by atoms with Gasteiger partial charge >= 0.3 is 0 Å². The zero-order chi connectivity index (χ0) is 19.5. The van der Waals surface area contributed by atoms with Gasteiger partial charge in [-0.05, 0) is 50.5 Å². The maximum atomic E-state index is 4.44. The van der Waals surface area contributed by atoms with Gasteiger partial charge in [0.1, 0.15) is 0 Å². The second kappa shape index (κ2) is 14.2. The van der Waals surface area contributed by atoms with Crippen LogP contribution in [0.1, 0.15) is 45.2 Å². The minimum atomic E-state index is 0. The molecule has 0 spiro atoms. The lowest BCUT2D eigenvalue weighted by Gasteiger charge is -2.31. The normalized spacial score (nSPS) is 18.8. The van der Waals surface area contributed by atoms with E-state index in [2.05, 4.69) is 76.5 Å². The van der Waals surface area contributed by atoms with E-state index < -0.39 is 0 Å². The summed E-state index contributed by atoms with van der Waals surface area (Å²) in [5.41, 5.74) is 1.36. The Kier molecular flexibility index (Phi) is 12.7. The number of halogens is 1. The quantitative estimate of drug-likeness (QED) is 0.292. The zero-order valence-electron chi connectivity index (χ0n) is 18.2. The van der Waals surface area contributed by atoms with Gasteiger partial charge in [-0.2, -0.15) is 0 Å². The molecule has 1 aliphatic rings. The molecule has 1 fully saturated rings. The van der Waals surface area contributed by atoms with Gasteiger partial charge in [0.2, 0.25) is 0 Å². The third-order valence-corrected chi connectivity index (χ3v) is 5.59. The fraction of sp³-hybridized carbons (Fsp3) is 0.682. The molecule has 1 aromatic rings. The van der Waals surface area contributed by atoms with Gasteiger partial charge in [-0.15, -0.1) is 24.0 Å². The van der Waals surface area contributed by atoms with Gasteiger partial charge in [0, 0.05) is 26.7 Å². The number of hydrogen-bond acceptors (Lipinski definition) is 3. The summed E-state index contributed by atoms with van der Waals surface area (Å²) in [6, 6.07) is 11.1. The maximum Gasteiger partial charge on any atom is 0.191 e. The van der Waals surface area contributed by atoms with E-state index in [1.807, 2.05) is 7.05 Å². The minimum absolute atomic E-state index is 0. The van der Waals surface area contributed by atoms with Gasteiger partial charge in [0.15, 0.2) is 5.96 Å². The summed E-state index contributed by atoms with van der Waals surface area (Å²) in [5.74, 6) is 1.64. The van der Waals surface area contributed by atoms with E-state index in [0.717, 1.165) is 38.1 Å². The molecule has 2 rings (SSSR count). The van der Waals surface area contributed by atoms with E-state index in [1.54, 1.807) is 0 Å². The minimum Gasteiger partial charge on any atom is -0.356 e. The van der Waals surface area contributed by atoms with E-state index in [9.17, 15) is 0 Å². The molecule has 2 atom stereocenters. The highest BCUT2D eigenvalue weighted by molar-refractivity contribution is 14.0. The summed E-state index contributed by atoms with van der Waals surface area (Å²) in [4.78, 5) is 9.52. The Balaban J connectivity index is 0.00000392. The summed E-state index contributed by atoms with van der Waals surface area (Å²) < 4.78 is 0. The number of benzene rings is 1. The van der Waals surface area contributed by atoms with Crippen molar-refractivity contribution < 1.29 is 0 Å². The lowest BCUT2D eigenvalue weighted by molar-refractivity contribution is 0.219. The Labute approximate surface area is 189 Å². The van der Waals surface area contributed by atoms with Crippen molar-refractivity contribution in [3.63, 3.8) is 0 Å². The number of guanidine groups is 1. The van der Waals surface area contributed by atoms with E-state index in [-0.39, 0.29) is 24.0 Å². The second-order valence-electron chi connectivity index (χ2n) is 7.44. The van der Waals surface area contributed by atoms with Gasteiger partial charge in [-0.3, -0.25) is 9.89 Å². The number of likely N-dealkylation sites (N-methyl/N-ethyl adjacent to an activating group) is 1. The summed E-state index contributed by atoms with van der Waals surface area (Å²) in [7, 11) is 1.86. The van der Waals surface area contributed by atoms with Crippen molar-refractivity contribution in [2.24, 2.45) is 10.9 Å². The lowest BCUT2D eigenvalue weighted by atomic mass is 10.1. The van der Waals surface area contributed by atoms with Gasteiger partial charge in [-0.1, -0.05) is 51.1 Å². The summed E-state index contributed by atoms with van der Waals surface area (Å²) in [6.45, 7) is 14.3. The predicted molar refractivity (Wildman–Crippen MR) is 132 cm³/mol. The van der Waals surface area contributed by atoms with E-state index in [1.165, 1.54) is 38.0 Å². The zero-order valence-corrected chi connectivity index (χ0v) is 20.5. The van der Waals surface area contributed by atoms with Crippen LogP contribution in [0.3, 0.4) is 0 Å². The highest BCUT2D eigenvalue weighted by Crippen LogP contribution is 2.19. The molecule has 5 nitrogen and oxygen atoms in total. The standard InChI is InChI=1S/C22H39N5.HI/c1-5-14-26-15-13-19(18-26)16-24-22(23-4)25-17-21(27(6-2)7-3)20-11-9-8-10-12-20;/h8-12,19,21H,5-7,13-18H2,1-4H3,(H2,23,24,25);1H. The van der Waals surface area contributed by atoms with Crippen molar-refractivity contribution in [1.29, 1.82) is 0 Å². The molecular formula is C22H40IN5. The molecule has 1 aliphatic heterocycles. The molecule has 1 saturated heterocycles. The van der Waals surface area contributed by atoms with Gasteiger partial charge in [-0.25, -0.2) is 0 Å². The van der Waals surface area contributed by atoms with Crippen LogP contribution >= 0.6 is 24.0 Å². The number of nitrogens with zero attached hydrogens (tertiary/aromatic N) is 3. The number of likely N-dealkylation sites (tertiary alicyclic amines) is 1. The SMILES string of the molecule is CCCN1CCC(CNC(=NC)NCC(c2ccccc2)N(CC)CC)C1.I. The molecule has 0 amide bonds. The highest BCUT2D eigenvalue weighted by atomic mass is 127. The Morgan fingerprint density at radius 3 is 2.50 bits per heavy atom. The van der Waals surface area contributed by atoms with Gasteiger partial charge in [0.05, 0.1) is 6.04 Å². The number of aliphatic imine (C=N–C) groups is 1. The monoisotopic (exact) mass is 501 g/mol. The van der Waals surface area contributed by atoms with E-state index in [0.29, 0.717) is 6.04 Å². The molecule has 1 heterocycles. The van der Waals surface area contributed by atoms with Crippen LogP contribution in [0.5, 0.6) is 0 Å². The van der Waals surface area contributed by atoms with Crippen molar-refractivity contribution in [1.82, 2.24) is 20.4 Å². The lowest BCUT2D eigenvalue weighted by Crippen LogP contribution is -2.44. The summed E-state index contributed by atoms with van der Waals surface area (Å²) in [6.07, 6.45) is 2.53. The van der Waals surface area contributed by atoms with Crippen LogP contribution in [0.15, 0.2) is 35.3 Å². The number of hydrogen-bond donors (Lipinski definition) is 2. The molecule has 0 aromatic heterocycles. The van der Waals surface area contributed by atoms with Crippen molar-refractivity contribution in [3.8, 4) is 0 Å². The average molecular weight is 502 g/mol. The maximum absolute atomic E-state index is 4.44. The third-order valence-electron chi connectivity index (χ3n) is 5.59. The van der Waals surface area contributed by atoms with Crippen LogP contribution in [0.4, 0.5) is 0 Å². The first-order valence-electron chi connectivity index (χ1n) is 10.7. The topological polar surface area (TPSA) is 42.9 Å². The van der Waals surface area contributed by atoms with Crippen LogP contribution < -0.4 is 10.6 Å². The second-order valence-corrected chi connectivity index (χ2v) is 7.44. The summed E-state index contributed by atoms with van der Waals surface area (Å²) >= 11 is 0. The molecule has 0 bridgehead atoms.